The Balaban J connectivity index is 1.90. The summed E-state index contributed by atoms with van der Waals surface area (Å²) in [7, 11) is 0. The zero-order valence-corrected chi connectivity index (χ0v) is 9.12. The third-order valence-corrected chi connectivity index (χ3v) is 2.75. The first kappa shape index (κ1) is 10.7. The molecule has 1 aliphatic rings. The van der Waals surface area contributed by atoms with Crippen LogP contribution in [0.25, 0.3) is 0 Å². The fraction of sp³-hybridized carbons (Fsp3) is 0.636. The Labute approximate surface area is 89.2 Å². The van der Waals surface area contributed by atoms with Crippen molar-refractivity contribution in [2.24, 2.45) is 0 Å². The van der Waals surface area contributed by atoms with Crippen LogP contribution in [0.2, 0.25) is 0 Å². The van der Waals surface area contributed by atoms with Gasteiger partial charge in [-0.1, -0.05) is 0 Å². The quantitative estimate of drug-likeness (QED) is 0.774. The number of aryl methyl sites for hydroxylation is 2. The summed E-state index contributed by atoms with van der Waals surface area (Å²) < 4.78 is 10.6. The summed E-state index contributed by atoms with van der Waals surface area (Å²) in [4.78, 5) is 0. The fourth-order valence-corrected chi connectivity index (χ4v) is 1.84. The molecule has 1 aromatic heterocycles. The van der Waals surface area contributed by atoms with Gasteiger partial charge in [0.1, 0.15) is 11.5 Å². The maximum atomic E-state index is 9.53. The van der Waals surface area contributed by atoms with Crippen LogP contribution in [-0.4, -0.2) is 30.5 Å². The van der Waals surface area contributed by atoms with Crippen LogP contribution in [0.1, 0.15) is 17.1 Å². The summed E-state index contributed by atoms with van der Waals surface area (Å²) in [6.07, 6.45) is -0.390. The first-order chi connectivity index (χ1) is 7.16. The predicted octanol–water partition coefficient (Wildman–Crippen LogP) is 0.746. The van der Waals surface area contributed by atoms with Crippen molar-refractivity contribution in [3.8, 4) is 0 Å². The number of hydrogen-bond acceptors (Lipinski definition) is 4. The molecule has 0 aliphatic carbocycles. The van der Waals surface area contributed by atoms with Crippen molar-refractivity contribution in [2.75, 3.05) is 13.2 Å². The Morgan fingerprint density at radius 3 is 2.80 bits per heavy atom. The van der Waals surface area contributed by atoms with Gasteiger partial charge >= 0.3 is 0 Å². The SMILES string of the molecule is Cc1cc(CNC2COCC2O)c(C)o1. The lowest BCUT2D eigenvalue weighted by Crippen LogP contribution is -2.38. The molecule has 1 aliphatic heterocycles. The molecule has 2 N–H and O–H groups in total. The molecule has 1 saturated heterocycles. The average Bonchev–Trinajstić information content (AvgIpc) is 2.70. The zero-order valence-electron chi connectivity index (χ0n) is 9.12. The molecule has 2 rings (SSSR count). The van der Waals surface area contributed by atoms with Gasteiger partial charge in [0.2, 0.25) is 0 Å². The van der Waals surface area contributed by atoms with Gasteiger partial charge in [0.05, 0.1) is 25.4 Å². The Morgan fingerprint density at radius 1 is 1.47 bits per heavy atom. The molecule has 84 valence electrons. The zero-order chi connectivity index (χ0) is 10.8. The van der Waals surface area contributed by atoms with Gasteiger partial charge in [-0.2, -0.15) is 0 Å². The Bertz CT molecular complexity index is 335. The van der Waals surface area contributed by atoms with Gasteiger partial charge in [0, 0.05) is 12.1 Å². The lowest BCUT2D eigenvalue weighted by atomic mass is 10.2. The number of nitrogens with one attached hydrogen (secondary N) is 1. The minimum atomic E-state index is -0.390. The second-order valence-corrected chi connectivity index (χ2v) is 4.03. The maximum absolute atomic E-state index is 9.53. The summed E-state index contributed by atoms with van der Waals surface area (Å²) >= 11 is 0. The summed E-state index contributed by atoms with van der Waals surface area (Å²) in [6, 6.07) is 2.06. The van der Waals surface area contributed by atoms with Gasteiger partial charge in [-0.15, -0.1) is 0 Å². The summed E-state index contributed by atoms with van der Waals surface area (Å²) in [5.41, 5.74) is 1.14. The van der Waals surface area contributed by atoms with Crippen molar-refractivity contribution < 1.29 is 14.3 Å². The molecular weight excluding hydrogens is 194 g/mol. The van der Waals surface area contributed by atoms with E-state index in [0.717, 1.165) is 17.1 Å². The van der Waals surface area contributed by atoms with Gasteiger partial charge in [0.15, 0.2) is 0 Å². The highest BCUT2D eigenvalue weighted by Crippen LogP contribution is 2.14. The van der Waals surface area contributed by atoms with E-state index in [2.05, 4.69) is 5.32 Å². The van der Waals surface area contributed by atoms with Crippen LogP contribution in [0.3, 0.4) is 0 Å². The highest BCUT2D eigenvalue weighted by molar-refractivity contribution is 5.19. The van der Waals surface area contributed by atoms with E-state index in [4.69, 9.17) is 9.15 Å². The lowest BCUT2D eigenvalue weighted by molar-refractivity contribution is 0.122. The Morgan fingerprint density at radius 2 is 2.27 bits per heavy atom. The number of hydrogen-bond donors (Lipinski definition) is 2. The van der Waals surface area contributed by atoms with Gasteiger partial charge in [-0.25, -0.2) is 0 Å². The molecule has 0 spiro atoms. The minimum absolute atomic E-state index is 0.0413. The first-order valence-electron chi connectivity index (χ1n) is 5.22. The monoisotopic (exact) mass is 211 g/mol. The molecule has 0 bridgehead atoms. The largest absolute Gasteiger partial charge is 0.466 e. The molecule has 1 fully saturated rings. The first-order valence-corrected chi connectivity index (χ1v) is 5.22. The van der Waals surface area contributed by atoms with Crippen molar-refractivity contribution in [1.82, 2.24) is 5.32 Å². The molecule has 15 heavy (non-hydrogen) atoms. The van der Waals surface area contributed by atoms with Crippen molar-refractivity contribution in [1.29, 1.82) is 0 Å². The maximum Gasteiger partial charge on any atom is 0.105 e. The highest BCUT2D eigenvalue weighted by Gasteiger charge is 2.25. The smallest absolute Gasteiger partial charge is 0.105 e. The number of rotatable bonds is 3. The van der Waals surface area contributed by atoms with Gasteiger partial charge in [-0.05, 0) is 19.9 Å². The Hall–Kier alpha value is -0.840. The van der Waals surface area contributed by atoms with Crippen LogP contribution < -0.4 is 5.32 Å². The molecule has 4 heteroatoms. The highest BCUT2D eigenvalue weighted by atomic mass is 16.5. The van der Waals surface area contributed by atoms with Crippen LogP contribution in [-0.2, 0) is 11.3 Å². The van der Waals surface area contributed by atoms with Crippen molar-refractivity contribution >= 4 is 0 Å². The van der Waals surface area contributed by atoms with Crippen LogP contribution in [0.15, 0.2) is 10.5 Å². The predicted molar refractivity (Wildman–Crippen MR) is 55.6 cm³/mol. The van der Waals surface area contributed by atoms with Crippen LogP contribution in [0.4, 0.5) is 0 Å². The van der Waals surface area contributed by atoms with Crippen LogP contribution in [0, 0.1) is 13.8 Å². The van der Waals surface area contributed by atoms with Crippen LogP contribution >= 0.6 is 0 Å². The summed E-state index contributed by atoms with van der Waals surface area (Å²) in [5.74, 6) is 1.86. The fourth-order valence-electron chi connectivity index (χ4n) is 1.84. The third kappa shape index (κ3) is 2.40. The molecule has 0 radical (unpaired) electrons. The second-order valence-electron chi connectivity index (χ2n) is 4.03. The van der Waals surface area contributed by atoms with E-state index in [1.807, 2.05) is 19.9 Å². The van der Waals surface area contributed by atoms with Gasteiger partial charge in [-0.3, -0.25) is 0 Å². The molecule has 0 saturated carbocycles. The summed E-state index contributed by atoms with van der Waals surface area (Å²) in [5, 5.41) is 12.8. The minimum Gasteiger partial charge on any atom is -0.466 e. The molecule has 2 heterocycles. The number of ether oxygens (including phenoxy) is 1. The molecule has 2 unspecified atom stereocenters. The molecule has 1 aromatic rings. The number of furan rings is 1. The molecule has 0 amide bonds. The van der Waals surface area contributed by atoms with Crippen LogP contribution in [0.5, 0.6) is 0 Å². The van der Waals surface area contributed by atoms with E-state index in [9.17, 15) is 5.11 Å². The number of aliphatic hydroxyl groups is 1. The van der Waals surface area contributed by atoms with Gasteiger partial charge < -0.3 is 19.6 Å². The van der Waals surface area contributed by atoms with Gasteiger partial charge in [0.25, 0.3) is 0 Å². The van der Waals surface area contributed by atoms with E-state index in [0.29, 0.717) is 19.8 Å². The average molecular weight is 211 g/mol. The molecule has 2 atom stereocenters. The summed E-state index contributed by atoms with van der Waals surface area (Å²) in [6.45, 7) is 5.61. The van der Waals surface area contributed by atoms with E-state index < -0.39 is 6.10 Å². The molecule has 4 nitrogen and oxygen atoms in total. The standard InChI is InChI=1S/C11H17NO3/c1-7-3-9(8(2)15-7)4-12-10-5-14-6-11(10)13/h3,10-13H,4-6H2,1-2H3. The van der Waals surface area contributed by atoms with Crippen molar-refractivity contribution in [2.45, 2.75) is 32.5 Å². The number of aliphatic hydroxyl groups excluding tert-OH is 1. The Kier molecular flexibility index (Phi) is 3.09. The molecule has 0 aromatic carbocycles. The second kappa shape index (κ2) is 4.35. The topological polar surface area (TPSA) is 54.6 Å². The lowest BCUT2D eigenvalue weighted by Gasteiger charge is -2.13. The van der Waals surface area contributed by atoms with Crippen molar-refractivity contribution in [3.63, 3.8) is 0 Å². The van der Waals surface area contributed by atoms with E-state index in [1.54, 1.807) is 0 Å². The van der Waals surface area contributed by atoms with E-state index in [1.165, 1.54) is 0 Å². The third-order valence-electron chi connectivity index (χ3n) is 2.75. The van der Waals surface area contributed by atoms with E-state index >= 15 is 0 Å². The normalized spacial score (nSPS) is 26.1. The molecular formula is C11H17NO3. The van der Waals surface area contributed by atoms with E-state index in [-0.39, 0.29) is 6.04 Å². The van der Waals surface area contributed by atoms with Crippen molar-refractivity contribution in [3.05, 3.63) is 23.2 Å².